The number of aryl methyl sites for hydroxylation is 1. The van der Waals surface area contributed by atoms with Crippen molar-refractivity contribution in [3.05, 3.63) is 35.0 Å². The standard InChI is InChI=1S/C17H20N4OS/c1-10-9-23-16(19-10)20-11-7-12(8-11)21-14-13(5-4-6-18-14)17(2,3)15(21)22/h4-6,9,11-12H,7-8H2,1-3H3,(H,19,20)/t11-,12-. The lowest BCUT2D eigenvalue weighted by molar-refractivity contribution is -0.122. The molecule has 2 aromatic rings. The van der Waals surface area contributed by atoms with Crippen LogP contribution in [0.2, 0.25) is 0 Å². The maximum Gasteiger partial charge on any atom is 0.238 e. The highest BCUT2D eigenvalue weighted by atomic mass is 32.1. The molecule has 1 amide bonds. The maximum absolute atomic E-state index is 12.8. The predicted octanol–water partition coefficient (Wildman–Crippen LogP) is 3.11. The van der Waals surface area contributed by atoms with Gasteiger partial charge in [-0.15, -0.1) is 11.3 Å². The molecule has 1 aliphatic heterocycles. The van der Waals surface area contributed by atoms with Gasteiger partial charge in [-0.2, -0.15) is 0 Å². The van der Waals surface area contributed by atoms with Crippen molar-refractivity contribution in [3.8, 4) is 0 Å². The summed E-state index contributed by atoms with van der Waals surface area (Å²) in [6.45, 7) is 5.98. The second kappa shape index (κ2) is 5.03. The number of fused-ring (bicyclic) bond motifs is 1. The Hall–Kier alpha value is -1.95. The lowest BCUT2D eigenvalue weighted by Crippen LogP contribution is -2.53. The first-order valence-electron chi connectivity index (χ1n) is 7.94. The van der Waals surface area contributed by atoms with Gasteiger partial charge in [0.2, 0.25) is 5.91 Å². The number of nitrogens with zero attached hydrogens (tertiary/aromatic N) is 3. The average Bonchev–Trinajstić information content (AvgIpc) is 2.97. The molecular weight excluding hydrogens is 308 g/mol. The summed E-state index contributed by atoms with van der Waals surface area (Å²) >= 11 is 1.63. The van der Waals surface area contributed by atoms with Crippen LogP contribution in [0.5, 0.6) is 0 Å². The van der Waals surface area contributed by atoms with Gasteiger partial charge in [-0.1, -0.05) is 6.07 Å². The second-order valence-electron chi connectivity index (χ2n) is 6.94. The Bertz CT molecular complexity index is 763. The second-order valence-corrected chi connectivity index (χ2v) is 7.79. The summed E-state index contributed by atoms with van der Waals surface area (Å²) in [6, 6.07) is 4.55. The Kier molecular flexibility index (Phi) is 3.20. The van der Waals surface area contributed by atoms with Crippen LogP contribution in [0.15, 0.2) is 23.7 Å². The van der Waals surface area contributed by atoms with Gasteiger partial charge in [0, 0.05) is 29.2 Å². The third kappa shape index (κ3) is 2.24. The minimum Gasteiger partial charge on any atom is -0.359 e. The highest BCUT2D eigenvalue weighted by Crippen LogP contribution is 2.44. The van der Waals surface area contributed by atoms with Crippen molar-refractivity contribution in [2.24, 2.45) is 0 Å². The first-order valence-corrected chi connectivity index (χ1v) is 8.82. The Morgan fingerprint density at radius 1 is 1.39 bits per heavy atom. The Morgan fingerprint density at radius 3 is 2.87 bits per heavy atom. The minimum atomic E-state index is -0.478. The van der Waals surface area contributed by atoms with Crippen molar-refractivity contribution in [2.75, 3.05) is 10.2 Å². The number of rotatable bonds is 3. The molecule has 2 aliphatic rings. The number of carbonyl (C=O) groups excluding carboxylic acids is 1. The molecule has 120 valence electrons. The molecule has 6 heteroatoms. The van der Waals surface area contributed by atoms with Crippen molar-refractivity contribution in [1.82, 2.24) is 9.97 Å². The van der Waals surface area contributed by atoms with Crippen LogP contribution in [0, 0.1) is 6.92 Å². The fraction of sp³-hybridized carbons (Fsp3) is 0.471. The predicted molar refractivity (Wildman–Crippen MR) is 92.0 cm³/mol. The molecule has 1 saturated carbocycles. The smallest absolute Gasteiger partial charge is 0.238 e. The van der Waals surface area contributed by atoms with Gasteiger partial charge in [-0.05, 0) is 39.7 Å². The van der Waals surface area contributed by atoms with E-state index >= 15 is 0 Å². The summed E-state index contributed by atoms with van der Waals surface area (Å²) in [7, 11) is 0. The van der Waals surface area contributed by atoms with Gasteiger partial charge in [0.05, 0.1) is 11.1 Å². The summed E-state index contributed by atoms with van der Waals surface area (Å²) < 4.78 is 0. The Labute approximate surface area is 139 Å². The Balaban J connectivity index is 1.49. The van der Waals surface area contributed by atoms with Gasteiger partial charge in [0.15, 0.2) is 5.13 Å². The summed E-state index contributed by atoms with van der Waals surface area (Å²) in [5, 5.41) is 6.48. The SMILES string of the molecule is Cc1csc(N[C@H]2C[C@H](N3C(=O)C(C)(C)c4cccnc43)C2)n1. The van der Waals surface area contributed by atoms with Crippen LogP contribution < -0.4 is 10.2 Å². The van der Waals surface area contributed by atoms with Crippen molar-refractivity contribution >= 4 is 28.2 Å². The number of hydrogen-bond donors (Lipinski definition) is 1. The molecule has 3 heterocycles. The number of amides is 1. The molecule has 0 aromatic carbocycles. The number of hydrogen-bond acceptors (Lipinski definition) is 5. The van der Waals surface area contributed by atoms with E-state index in [1.54, 1.807) is 17.5 Å². The molecule has 4 rings (SSSR count). The van der Waals surface area contributed by atoms with E-state index in [1.807, 2.05) is 43.2 Å². The molecule has 1 fully saturated rings. The first kappa shape index (κ1) is 14.6. The number of thiazole rings is 1. The third-order valence-electron chi connectivity index (χ3n) is 4.87. The number of anilines is 2. The molecule has 5 nitrogen and oxygen atoms in total. The van der Waals surface area contributed by atoms with Crippen molar-refractivity contribution in [1.29, 1.82) is 0 Å². The van der Waals surface area contributed by atoms with E-state index in [-0.39, 0.29) is 11.9 Å². The van der Waals surface area contributed by atoms with Gasteiger partial charge in [0.25, 0.3) is 0 Å². The lowest BCUT2D eigenvalue weighted by atomic mass is 9.84. The van der Waals surface area contributed by atoms with Crippen LogP contribution in [0.25, 0.3) is 0 Å². The van der Waals surface area contributed by atoms with Crippen LogP contribution in [0.1, 0.15) is 37.9 Å². The van der Waals surface area contributed by atoms with E-state index in [2.05, 4.69) is 15.3 Å². The molecule has 0 radical (unpaired) electrons. The molecule has 2 aromatic heterocycles. The maximum atomic E-state index is 12.8. The van der Waals surface area contributed by atoms with Crippen LogP contribution in [-0.2, 0) is 10.2 Å². The van der Waals surface area contributed by atoms with Gasteiger partial charge in [-0.3, -0.25) is 9.69 Å². The van der Waals surface area contributed by atoms with Gasteiger partial charge in [0.1, 0.15) is 5.82 Å². The summed E-state index contributed by atoms with van der Waals surface area (Å²) in [4.78, 5) is 23.7. The largest absolute Gasteiger partial charge is 0.359 e. The molecule has 0 atom stereocenters. The van der Waals surface area contributed by atoms with Crippen LogP contribution in [-0.4, -0.2) is 28.0 Å². The highest BCUT2D eigenvalue weighted by Gasteiger charge is 2.50. The van der Waals surface area contributed by atoms with E-state index in [0.29, 0.717) is 6.04 Å². The molecule has 0 saturated heterocycles. The van der Waals surface area contributed by atoms with Gasteiger partial charge < -0.3 is 5.32 Å². The number of carbonyl (C=O) groups is 1. The molecule has 0 spiro atoms. The molecule has 1 aliphatic carbocycles. The summed E-state index contributed by atoms with van der Waals surface area (Å²) in [6.07, 6.45) is 3.65. The Morgan fingerprint density at radius 2 is 2.17 bits per heavy atom. The third-order valence-corrected chi connectivity index (χ3v) is 5.76. The molecule has 0 unspecified atom stereocenters. The van der Waals surface area contributed by atoms with Crippen LogP contribution in [0.4, 0.5) is 10.9 Å². The van der Waals surface area contributed by atoms with E-state index < -0.39 is 5.41 Å². The zero-order valence-electron chi connectivity index (χ0n) is 13.5. The van der Waals surface area contributed by atoms with E-state index in [0.717, 1.165) is 35.0 Å². The average molecular weight is 328 g/mol. The quantitative estimate of drug-likeness (QED) is 0.940. The summed E-state index contributed by atoms with van der Waals surface area (Å²) in [5.41, 5.74) is 1.61. The first-order chi connectivity index (χ1) is 11.0. The minimum absolute atomic E-state index is 0.166. The molecule has 1 N–H and O–H groups in total. The highest BCUT2D eigenvalue weighted by molar-refractivity contribution is 7.13. The van der Waals surface area contributed by atoms with E-state index in [4.69, 9.17) is 0 Å². The number of nitrogens with one attached hydrogen (secondary N) is 1. The van der Waals surface area contributed by atoms with Crippen LogP contribution in [0.3, 0.4) is 0 Å². The topological polar surface area (TPSA) is 58.1 Å². The zero-order valence-corrected chi connectivity index (χ0v) is 14.4. The van der Waals surface area contributed by atoms with Crippen molar-refractivity contribution < 1.29 is 4.79 Å². The number of pyridine rings is 1. The van der Waals surface area contributed by atoms with E-state index in [1.165, 1.54) is 0 Å². The van der Waals surface area contributed by atoms with Gasteiger partial charge >= 0.3 is 0 Å². The van der Waals surface area contributed by atoms with Gasteiger partial charge in [-0.25, -0.2) is 9.97 Å². The number of aromatic nitrogens is 2. The molecule has 0 bridgehead atoms. The lowest BCUT2D eigenvalue weighted by Gasteiger charge is -2.41. The molecular formula is C17H20N4OS. The fourth-order valence-corrected chi connectivity index (χ4v) is 4.21. The van der Waals surface area contributed by atoms with E-state index in [9.17, 15) is 4.79 Å². The van der Waals surface area contributed by atoms with Crippen molar-refractivity contribution in [2.45, 2.75) is 51.1 Å². The zero-order chi connectivity index (χ0) is 16.2. The van der Waals surface area contributed by atoms with Crippen molar-refractivity contribution in [3.63, 3.8) is 0 Å². The fourth-order valence-electron chi connectivity index (χ4n) is 3.44. The van der Waals surface area contributed by atoms with Crippen LogP contribution >= 0.6 is 11.3 Å². The summed E-state index contributed by atoms with van der Waals surface area (Å²) in [5.74, 6) is 1.01. The molecule has 23 heavy (non-hydrogen) atoms. The normalized spacial score (nSPS) is 25.2. The monoisotopic (exact) mass is 328 g/mol.